The maximum atomic E-state index is 4.28. The van der Waals surface area contributed by atoms with Crippen molar-refractivity contribution in [2.75, 3.05) is 0 Å². The summed E-state index contributed by atoms with van der Waals surface area (Å²) in [6, 6.07) is 0. The second kappa shape index (κ2) is 3.75. The Kier molecular flexibility index (Phi) is 2.80. The molecule has 0 heterocycles. The highest BCUT2D eigenvalue weighted by atomic mass is 14.4. The fraction of sp³-hybridized carbons (Fsp3) is 0.750. The molecule has 0 aliphatic heterocycles. The molecule has 2 aliphatic carbocycles. The summed E-state index contributed by atoms with van der Waals surface area (Å²) in [6.07, 6.45) is 9.01. The molecule has 0 heteroatoms. The molecule has 0 aromatic carbocycles. The molecule has 90 valence electrons. The van der Waals surface area contributed by atoms with Crippen molar-refractivity contribution in [1.29, 1.82) is 0 Å². The van der Waals surface area contributed by atoms with Crippen LogP contribution in [0.15, 0.2) is 23.8 Å². The monoisotopic (exact) mass is 218 g/mol. The lowest BCUT2D eigenvalue weighted by atomic mass is 9.77. The van der Waals surface area contributed by atoms with Crippen molar-refractivity contribution in [1.82, 2.24) is 0 Å². The summed E-state index contributed by atoms with van der Waals surface area (Å²) in [5.74, 6) is 0.729. The van der Waals surface area contributed by atoms with Crippen LogP contribution in [-0.2, 0) is 0 Å². The van der Waals surface area contributed by atoms with Crippen molar-refractivity contribution >= 4 is 0 Å². The van der Waals surface area contributed by atoms with E-state index >= 15 is 0 Å². The van der Waals surface area contributed by atoms with Gasteiger partial charge >= 0.3 is 0 Å². The predicted molar refractivity (Wildman–Crippen MR) is 71.4 cm³/mol. The Morgan fingerprint density at radius 3 is 2.31 bits per heavy atom. The highest BCUT2D eigenvalue weighted by molar-refractivity contribution is 5.21. The van der Waals surface area contributed by atoms with Gasteiger partial charge in [-0.1, -0.05) is 51.5 Å². The van der Waals surface area contributed by atoms with Gasteiger partial charge in [-0.3, -0.25) is 0 Å². The van der Waals surface area contributed by atoms with Gasteiger partial charge in [-0.05, 0) is 48.9 Å². The smallest absolute Gasteiger partial charge is 0.0117 e. The standard InChI is InChI=1S/C16H26/c1-12-6-9-16(4,5)14(12)10-13-7-8-15(2,3)11-13/h11,14H,1,6-10H2,2-5H3. The Hall–Kier alpha value is -0.520. The minimum Gasteiger partial charge on any atom is -0.0995 e. The van der Waals surface area contributed by atoms with Gasteiger partial charge in [0, 0.05) is 0 Å². The third-order valence-corrected chi connectivity index (χ3v) is 4.68. The van der Waals surface area contributed by atoms with Crippen molar-refractivity contribution in [3.8, 4) is 0 Å². The van der Waals surface area contributed by atoms with Crippen LogP contribution in [0.1, 0.15) is 59.8 Å². The molecule has 2 aliphatic rings. The molecule has 1 saturated carbocycles. The van der Waals surface area contributed by atoms with Gasteiger partial charge in [-0.25, -0.2) is 0 Å². The van der Waals surface area contributed by atoms with Gasteiger partial charge < -0.3 is 0 Å². The maximum absolute atomic E-state index is 4.28. The summed E-state index contributed by atoms with van der Waals surface area (Å²) < 4.78 is 0. The molecule has 0 aromatic rings. The van der Waals surface area contributed by atoms with Crippen LogP contribution in [0.4, 0.5) is 0 Å². The molecule has 0 spiro atoms. The van der Waals surface area contributed by atoms with Gasteiger partial charge in [-0.2, -0.15) is 0 Å². The van der Waals surface area contributed by atoms with Gasteiger partial charge in [0.25, 0.3) is 0 Å². The van der Waals surface area contributed by atoms with E-state index in [1.54, 1.807) is 5.57 Å². The SMILES string of the molecule is C=C1CCC(C)(C)C1CC1=CC(C)(C)CC1. The highest BCUT2D eigenvalue weighted by Crippen LogP contribution is 2.50. The van der Waals surface area contributed by atoms with E-state index in [1.165, 1.54) is 37.7 Å². The zero-order valence-electron chi connectivity index (χ0n) is 11.4. The molecular weight excluding hydrogens is 192 g/mol. The van der Waals surface area contributed by atoms with Crippen molar-refractivity contribution < 1.29 is 0 Å². The predicted octanol–water partition coefficient (Wildman–Crippen LogP) is 5.12. The second-order valence-corrected chi connectivity index (χ2v) is 7.19. The topological polar surface area (TPSA) is 0 Å². The fourth-order valence-corrected chi connectivity index (χ4v) is 3.41. The minimum atomic E-state index is 0.444. The Morgan fingerprint density at radius 1 is 1.19 bits per heavy atom. The second-order valence-electron chi connectivity index (χ2n) is 7.19. The molecule has 1 atom stereocenters. The zero-order valence-corrected chi connectivity index (χ0v) is 11.4. The number of rotatable bonds is 2. The summed E-state index contributed by atoms with van der Waals surface area (Å²) in [4.78, 5) is 0. The van der Waals surface area contributed by atoms with Crippen molar-refractivity contribution in [2.24, 2.45) is 16.7 Å². The van der Waals surface area contributed by atoms with Gasteiger partial charge in [0.1, 0.15) is 0 Å². The van der Waals surface area contributed by atoms with E-state index in [-0.39, 0.29) is 0 Å². The number of allylic oxidation sites excluding steroid dienone is 3. The number of hydrogen-bond donors (Lipinski definition) is 0. The van der Waals surface area contributed by atoms with Crippen LogP contribution in [-0.4, -0.2) is 0 Å². The molecule has 16 heavy (non-hydrogen) atoms. The molecule has 0 aromatic heterocycles. The fourth-order valence-electron chi connectivity index (χ4n) is 3.41. The maximum Gasteiger partial charge on any atom is -0.0117 e. The summed E-state index contributed by atoms with van der Waals surface area (Å²) in [5.41, 5.74) is 4.10. The van der Waals surface area contributed by atoms with E-state index in [0.717, 1.165) is 5.92 Å². The van der Waals surface area contributed by atoms with E-state index in [0.29, 0.717) is 10.8 Å². The molecule has 0 bridgehead atoms. The highest BCUT2D eigenvalue weighted by Gasteiger charge is 2.38. The summed E-state index contributed by atoms with van der Waals surface area (Å²) in [7, 11) is 0. The van der Waals surface area contributed by atoms with E-state index in [1.807, 2.05) is 0 Å². The first kappa shape index (κ1) is 12.0. The van der Waals surface area contributed by atoms with Crippen LogP contribution in [0.2, 0.25) is 0 Å². The lowest BCUT2D eigenvalue weighted by Crippen LogP contribution is -2.18. The quantitative estimate of drug-likeness (QED) is 0.565. The summed E-state index contributed by atoms with van der Waals surface area (Å²) in [6.45, 7) is 13.8. The first-order chi connectivity index (χ1) is 7.30. The first-order valence-electron chi connectivity index (χ1n) is 6.68. The van der Waals surface area contributed by atoms with Crippen LogP contribution in [0.5, 0.6) is 0 Å². The van der Waals surface area contributed by atoms with E-state index in [2.05, 4.69) is 40.3 Å². The Bertz CT molecular complexity index is 328. The molecule has 0 amide bonds. The lowest BCUT2D eigenvalue weighted by molar-refractivity contribution is 0.279. The van der Waals surface area contributed by atoms with Crippen LogP contribution in [0.3, 0.4) is 0 Å². The van der Waals surface area contributed by atoms with Gasteiger partial charge in [0.15, 0.2) is 0 Å². The molecule has 1 unspecified atom stereocenters. The summed E-state index contributed by atoms with van der Waals surface area (Å²) >= 11 is 0. The van der Waals surface area contributed by atoms with Gasteiger partial charge in [0.05, 0.1) is 0 Å². The van der Waals surface area contributed by atoms with Crippen molar-refractivity contribution in [3.05, 3.63) is 23.8 Å². The number of hydrogen-bond acceptors (Lipinski definition) is 0. The average Bonchev–Trinajstić information content (AvgIpc) is 2.61. The van der Waals surface area contributed by atoms with E-state index < -0.39 is 0 Å². The van der Waals surface area contributed by atoms with Crippen molar-refractivity contribution in [3.63, 3.8) is 0 Å². The van der Waals surface area contributed by atoms with E-state index in [4.69, 9.17) is 0 Å². The molecule has 2 rings (SSSR count). The van der Waals surface area contributed by atoms with Crippen LogP contribution in [0, 0.1) is 16.7 Å². The largest absolute Gasteiger partial charge is 0.0995 e. The lowest BCUT2D eigenvalue weighted by Gasteiger charge is -2.28. The molecule has 1 fully saturated rings. The van der Waals surface area contributed by atoms with E-state index in [9.17, 15) is 0 Å². The third kappa shape index (κ3) is 2.26. The summed E-state index contributed by atoms with van der Waals surface area (Å²) in [5, 5.41) is 0. The van der Waals surface area contributed by atoms with Crippen LogP contribution < -0.4 is 0 Å². The molecule has 0 nitrogen and oxygen atoms in total. The molecule has 0 saturated heterocycles. The first-order valence-corrected chi connectivity index (χ1v) is 6.68. The van der Waals surface area contributed by atoms with Gasteiger partial charge in [-0.15, -0.1) is 0 Å². The zero-order chi connectivity index (χ0) is 12.0. The van der Waals surface area contributed by atoms with Gasteiger partial charge in [0.2, 0.25) is 0 Å². The molecule has 0 N–H and O–H groups in total. The third-order valence-electron chi connectivity index (χ3n) is 4.68. The normalized spacial score (nSPS) is 31.9. The minimum absolute atomic E-state index is 0.444. The average molecular weight is 218 g/mol. The van der Waals surface area contributed by atoms with Crippen LogP contribution in [0.25, 0.3) is 0 Å². The van der Waals surface area contributed by atoms with Crippen molar-refractivity contribution in [2.45, 2.75) is 59.8 Å². The Morgan fingerprint density at radius 2 is 1.88 bits per heavy atom. The van der Waals surface area contributed by atoms with Crippen LogP contribution >= 0.6 is 0 Å². The molecule has 0 radical (unpaired) electrons. The Labute approximate surface area is 101 Å². The molecular formula is C16H26. The Balaban J connectivity index is 2.08.